The number of aromatic nitrogens is 8. The summed E-state index contributed by atoms with van der Waals surface area (Å²) in [6.45, 7) is 2.13. The minimum atomic E-state index is -1.21. The zero-order valence-electron chi connectivity index (χ0n) is 27.6. The molecule has 0 spiro atoms. The molecule has 0 fully saturated rings. The van der Waals surface area contributed by atoms with Gasteiger partial charge in [0.2, 0.25) is 0 Å². The molecule has 0 amide bonds. The summed E-state index contributed by atoms with van der Waals surface area (Å²) >= 11 is 0. The van der Waals surface area contributed by atoms with Gasteiger partial charge in [-0.05, 0) is 97.4 Å². The van der Waals surface area contributed by atoms with E-state index in [-0.39, 0.29) is 30.4 Å². The first kappa shape index (κ1) is 34.4. The number of hydrogen-bond acceptors (Lipinski definition) is 10. The molecule has 6 aromatic heterocycles. The van der Waals surface area contributed by atoms with E-state index in [9.17, 15) is 14.7 Å². The van der Waals surface area contributed by atoms with Crippen LogP contribution < -0.4 is 24.0 Å². The van der Waals surface area contributed by atoms with Gasteiger partial charge in [0, 0.05) is 36.2 Å². The number of pyridine rings is 4. The molecule has 0 aliphatic carbocycles. The van der Waals surface area contributed by atoms with Crippen LogP contribution in [-0.4, -0.2) is 57.6 Å². The molecular formula is C38H27LiN8O4. The zero-order chi connectivity index (χ0) is 34.5. The summed E-state index contributed by atoms with van der Waals surface area (Å²) in [5.74, 6) is -0.202. The first-order valence-corrected chi connectivity index (χ1v) is 15.6. The standard InChI is InChI=1S/C20H16N4O2.C18H12N4O2.Li/c1-2-26-20(25)14-8-10-15(11-9-14)24-18-17(7-5-13-22-18)23-19(24)16-6-3-4-12-21-16;23-18(24)12-6-8-13(9-7-12)22-16-15(5-3-11-20-16)21-17(22)14-4-1-2-10-19-14;/h3-13H,2H2,1H3;1-11H,(H,23,24);/q;;+1/p-1. The van der Waals surface area contributed by atoms with Crippen molar-refractivity contribution in [1.82, 2.24) is 39.0 Å². The molecule has 2 aromatic carbocycles. The van der Waals surface area contributed by atoms with Gasteiger partial charge in [0.25, 0.3) is 0 Å². The monoisotopic (exact) mass is 666 g/mol. The number of carboxylic acid groups (broad SMARTS) is 1. The first-order chi connectivity index (χ1) is 24.5. The Kier molecular flexibility index (Phi) is 10.4. The second-order valence-electron chi connectivity index (χ2n) is 10.8. The number of hydrogen-bond donors (Lipinski definition) is 0. The summed E-state index contributed by atoms with van der Waals surface area (Å²) in [7, 11) is 0. The number of carboxylic acids is 1. The molecule has 8 aromatic rings. The van der Waals surface area contributed by atoms with Crippen LogP contribution in [0.15, 0.2) is 134 Å². The Morgan fingerprint density at radius 3 is 1.45 bits per heavy atom. The van der Waals surface area contributed by atoms with Crippen LogP contribution in [0.4, 0.5) is 0 Å². The summed E-state index contributed by atoms with van der Waals surface area (Å²) in [5, 5.41) is 10.9. The summed E-state index contributed by atoms with van der Waals surface area (Å²) in [4.78, 5) is 49.8. The number of aromatic carboxylic acids is 1. The molecule has 8 rings (SSSR count). The summed E-state index contributed by atoms with van der Waals surface area (Å²) in [6, 6.07) is 32.3. The Morgan fingerprint density at radius 2 is 1.04 bits per heavy atom. The molecule has 51 heavy (non-hydrogen) atoms. The quantitative estimate of drug-likeness (QED) is 0.183. The van der Waals surface area contributed by atoms with Crippen LogP contribution in [0.25, 0.3) is 56.7 Å². The van der Waals surface area contributed by atoms with Gasteiger partial charge < -0.3 is 14.6 Å². The third-order valence-electron chi connectivity index (χ3n) is 7.62. The molecule has 0 saturated carbocycles. The van der Waals surface area contributed by atoms with Crippen molar-refractivity contribution in [3.8, 4) is 34.4 Å². The molecule has 13 heteroatoms. The van der Waals surface area contributed by atoms with Crippen molar-refractivity contribution in [2.45, 2.75) is 6.92 Å². The van der Waals surface area contributed by atoms with E-state index >= 15 is 0 Å². The van der Waals surface area contributed by atoms with Crippen molar-refractivity contribution in [3.63, 3.8) is 0 Å². The number of carbonyl (C=O) groups excluding carboxylic acids is 2. The van der Waals surface area contributed by atoms with Gasteiger partial charge in [-0.3, -0.25) is 19.1 Å². The van der Waals surface area contributed by atoms with Gasteiger partial charge in [0.1, 0.15) is 22.4 Å². The number of fused-ring (bicyclic) bond motifs is 2. The zero-order valence-corrected chi connectivity index (χ0v) is 27.6. The Bertz CT molecular complexity index is 2430. The fourth-order valence-electron chi connectivity index (χ4n) is 5.36. The van der Waals surface area contributed by atoms with Crippen molar-refractivity contribution in [3.05, 3.63) is 145 Å². The Balaban J connectivity index is 0.000000173. The Hall–Kier alpha value is -6.48. The van der Waals surface area contributed by atoms with Crippen LogP contribution >= 0.6 is 0 Å². The van der Waals surface area contributed by atoms with E-state index in [0.717, 1.165) is 33.7 Å². The largest absolute Gasteiger partial charge is 1.00 e. The van der Waals surface area contributed by atoms with E-state index in [4.69, 9.17) is 9.72 Å². The fraction of sp³-hybridized carbons (Fsp3) is 0.0526. The average molecular weight is 667 g/mol. The molecule has 6 heterocycles. The summed E-state index contributed by atoms with van der Waals surface area (Å²) < 4.78 is 8.84. The maximum Gasteiger partial charge on any atom is 1.00 e. The maximum absolute atomic E-state index is 11.9. The molecule has 0 N–H and O–H groups in total. The summed E-state index contributed by atoms with van der Waals surface area (Å²) in [5.41, 5.74) is 6.62. The van der Waals surface area contributed by atoms with Crippen molar-refractivity contribution < 1.29 is 38.3 Å². The second-order valence-corrected chi connectivity index (χ2v) is 10.8. The molecular weight excluding hydrogens is 639 g/mol. The van der Waals surface area contributed by atoms with Gasteiger partial charge in [-0.15, -0.1) is 0 Å². The number of nitrogens with zero attached hydrogens (tertiary/aromatic N) is 8. The van der Waals surface area contributed by atoms with E-state index in [1.807, 2.05) is 81.9 Å². The van der Waals surface area contributed by atoms with Crippen LogP contribution in [0.2, 0.25) is 0 Å². The first-order valence-electron chi connectivity index (χ1n) is 15.6. The number of benzene rings is 2. The normalized spacial score (nSPS) is 10.6. The van der Waals surface area contributed by atoms with Crippen LogP contribution in [0.3, 0.4) is 0 Å². The minimum absolute atomic E-state index is 0. The molecule has 12 nitrogen and oxygen atoms in total. The second kappa shape index (κ2) is 15.4. The molecule has 244 valence electrons. The van der Waals surface area contributed by atoms with Crippen molar-refractivity contribution >= 4 is 34.3 Å². The number of ether oxygens (including phenoxy) is 1. The molecule has 0 saturated heterocycles. The smallest absolute Gasteiger partial charge is 0.545 e. The van der Waals surface area contributed by atoms with Gasteiger partial charge in [-0.25, -0.2) is 24.7 Å². The molecule has 0 aliphatic rings. The van der Waals surface area contributed by atoms with E-state index < -0.39 is 5.97 Å². The van der Waals surface area contributed by atoms with Gasteiger partial charge in [0.05, 0.1) is 18.1 Å². The van der Waals surface area contributed by atoms with Crippen LogP contribution in [0.1, 0.15) is 27.6 Å². The van der Waals surface area contributed by atoms with Gasteiger partial charge >= 0.3 is 24.8 Å². The number of rotatable bonds is 7. The minimum Gasteiger partial charge on any atom is -0.545 e. The van der Waals surface area contributed by atoms with Gasteiger partial charge in [0.15, 0.2) is 22.9 Å². The number of imidazole rings is 2. The Labute approximate surface area is 303 Å². The molecule has 0 bridgehead atoms. The SMILES string of the molecule is CCOC(=O)c1ccc(-n2c(-c3ccccn3)nc3cccnc32)cc1.O=C([O-])c1ccc(-n2c(-c3ccccn3)nc3cccnc32)cc1.[Li+]. The topological polar surface area (TPSA) is 154 Å². The number of carbonyl (C=O) groups is 2. The number of esters is 1. The molecule has 0 aliphatic heterocycles. The van der Waals surface area contributed by atoms with Gasteiger partial charge in [-0.1, -0.05) is 24.3 Å². The van der Waals surface area contributed by atoms with Crippen LogP contribution in [-0.2, 0) is 4.74 Å². The summed E-state index contributed by atoms with van der Waals surface area (Å²) in [6.07, 6.45) is 6.86. The molecule has 0 radical (unpaired) electrons. The predicted octanol–water partition coefficient (Wildman–Crippen LogP) is 2.51. The van der Waals surface area contributed by atoms with Crippen molar-refractivity contribution in [1.29, 1.82) is 0 Å². The fourth-order valence-corrected chi connectivity index (χ4v) is 5.36. The van der Waals surface area contributed by atoms with Crippen LogP contribution in [0, 0.1) is 0 Å². The third kappa shape index (κ3) is 7.14. The Morgan fingerprint density at radius 1 is 0.588 bits per heavy atom. The third-order valence-corrected chi connectivity index (χ3v) is 7.62. The van der Waals surface area contributed by atoms with Crippen molar-refractivity contribution in [2.24, 2.45) is 0 Å². The van der Waals surface area contributed by atoms with Crippen molar-refractivity contribution in [2.75, 3.05) is 6.61 Å². The maximum atomic E-state index is 11.9. The van der Waals surface area contributed by atoms with E-state index in [1.165, 1.54) is 12.1 Å². The van der Waals surface area contributed by atoms with E-state index in [2.05, 4.69) is 24.9 Å². The average Bonchev–Trinajstić information content (AvgIpc) is 3.76. The van der Waals surface area contributed by atoms with Gasteiger partial charge in [-0.2, -0.15) is 0 Å². The molecule has 0 atom stereocenters. The van der Waals surface area contributed by atoms with Crippen LogP contribution in [0.5, 0.6) is 0 Å². The molecule has 0 unspecified atom stereocenters. The van der Waals surface area contributed by atoms with E-state index in [0.29, 0.717) is 35.2 Å². The van der Waals surface area contributed by atoms with E-state index in [1.54, 1.807) is 56.0 Å². The predicted molar refractivity (Wildman–Crippen MR) is 184 cm³/mol.